The highest BCUT2D eigenvalue weighted by Crippen LogP contribution is 2.27. The van der Waals surface area contributed by atoms with Gasteiger partial charge in [0.1, 0.15) is 0 Å². The normalized spacial score (nSPS) is 27.4. The number of amides is 1. The van der Waals surface area contributed by atoms with Gasteiger partial charge in [-0.15, -0.1) is 11.6 Å². The fourth-order valence-electron chi connectivity index (χ4n) is 2.31. The molecule has 0 heterocycles. The van der Waals surface area contributed by atoms with Gasteiger partial charge in [0.2, 0.25) is 5.91 Å². The van der Waals surface area contributed by atoms with E-state index in [1.807, 2.05) is 11.9 Å². The Balaban J connectivity index is 2.48. The molecule has 2 unspecified atom stereocenters. The average Bonchev–Trinajstić information content (AvgIpc) is 2.18. The molecule has 1 rings (SSSR count). The van der Waals surface area contributed by atoms with Gasteiger partial charge in [0.15, 0.2) is 0 Å². The first kappa shape index (κ1) is 11.8. The SMILES string of the molecule is CC1CCCCC1N(C)C(=O)CCCl. The molecular formula is C11H20ClNO. The molecule has 2 atom stereocenters. The highest BCUT2D eigenvalue weighted by molar-refractivity contribution is 6.18. The predicted molar refractivity (Wildman–Crippen MR) is 59.5 cm³/mol. The summed E-state index contributed by atoms with van der Waals surface area (Å²) >= 11 is 5.57. The zero-order chi connectivity index (χ0) is 10.6. The van der Waals surface area contributed by atoms with Gasteiger partial charge in [-0.25, -0.2) is 0 Å². The summed E-state index contributed by atoms with van der Waals surface area (Å²) < 4.78 is 0. The number of hydrogen-bond acceptors (Lipinski definition) is 1. The van der Waals surface area contributed by atoms with E-state index in [-0.39, 0.29) is 5.91 Å². The molecular weight excluding hydrogens is 198 g/mol. The summed E-state index contributed by atoms with van der Waals surface area (Å²) in [5.74, 6) is 1.27. The van der Waals surface area contributed by atoms with Gasteiger partial charge in [-0.3, -0.25) is 4.79 Å². The van der Waals surface area contributed by atoms with Crippen LogP contribution < -0.4 is 0 Å². The molecule has 1 aliphatic carbocycles. The van der Waals surface area contributed by atoms with Crippen molar-refractivity contribution in [3.05, 3.63) is 0 Å². The number of hydrogen-bond donors (Lipinski definition) is 0. The van der Waals surface area contributed by atoms with Crippen molar-refractivity contribution in [1.82, 2.24) is 4.90 Å². The highest BCUT2D eigenvalue weighted by Gasteiger charge is 2.27. The zero-order valence-electron chi connectivity index (χ0n) is 9.13. The maximum absolute atomic E-state index is 11.6. The maximum atomic E-state index is 11.6. The number of nitrogens with zero attached hydrogens (tertiary/aromatic N) is 1. The third-order valence-corrected chi connectivity index (χ3v) is 3.45. The van der Waals surface area contributed by atoms with E-state index >= 15 is 0 Å². The molecule has 0 spiro atoms. The van der Waals surface area contributed by atoms with E-state index in [1.165, 1.54) is 19.3 Å². The summed E-state index contributed by atoms with van der Waals surface area (Å²) in [7, 11) is 1.92. The van der Waals surface area contributed by atoms with Crippen LogP contribution in [0, 0.1) is 5.92 Å². The van der Waals surface area contributed by atoms with Crippen molar-refractivity contribution in [2.24, 2.45) is 5.92 Å². The minimum absolute atomic E-state index is 0.193. The van der Waals surface area contributed by atoms with Crippen LogP contribution in [-0.2, 0) is 4.79 Å². The number of carbonyl (C=O) groups is 1. The van der Waals surface area contributed by atoms with Crippen LogP contribution in [0.2, 0.25) is 0 Å². The van der Waals surface area contributed by atoms with Crippen molar-refractivity contribution in [3.63, 3.8) is 0 Å². The molecule has 0 aliphatic heterocycles. The Labute approximate surface area is 91.6 Å². The van der Waals surface area contributed by atoms with Crippen molar-refractivity contribution in [2.45, 2.75) is 45.1 Å². The molecule has 0 aromatic carbocycles. The van der Waals surface area contributed by atoms with Gasteiger partial charge in [0.05, 0.1) is 0 Å². The van der Waals surface area contributed by atoms with E-state index in [0.29, 0.717) is 24.3 Å². The Morgan fingerprint density at radius 3 is 2.64 bits per heavy atom. The fourth-order valence-corrected chi connectivity index (χ4v) is 2.48. The topological polar surface area (TPSA) is 20.3 Å². The minimum Gasteiger partial charge on any atom is -0.342 e. The largest absolute Gasteiger partial charge is 0.342 e. The lowest BCUT2D eigenvalue weighted by atomic mass is 9.85. The van der Waals surface area contributed by atoms with Gasteiger partial charge in [0, 0.05) is 25.4 Å². The maximum Gasteiger partial charge on any atom is 0.223 e. The van der Waals surface area contributed by atoms with Crippen LogP contribution >= 0.6 is 11.6 Å². The molecule has 82 valence electrons. The molecule has 1 aliphatic rings. The van der Waals surface area contributed by atoms with Gasteiger partial charge >= 0.3 is 0 Å². The third kappa shape index (κ3) is 2.88. The number of alkyl halides is 1. The second-order valence-electron chi connectivity index (χ2n) is 4.27. The first-order chi connectivity index (χ1) is 6.66. The summed E-state index contributed by atoms with van der Waals surface area (Å²) in [6, 6.07) is 0.444. The van der Waals surface area contributed by atoms with Crippen LogP contribution in [0.1, 0.15) is 39.0 Å². The van der Waals surface area contributed by atoms with Crippen molar-refractivity contribution >= 4 is 17.5 Å². The van der Waals surface area contributed by atoms with E-state index in [9.17, 15) is 4.79 Å². The van der Waals surface area contributed by atoms with E-state index in [1.54, 1.807) is 0 Å². The fraction of sp³-hybridized carbons (Fsp3) is 0.909. The third-order valence-electron chi connectivity index (χ3n) is 3.27. The highest BCUT2D eigenvalue weighted by atomic mass is 35.5. The second-order valence-corrected chi connectivity index (χ2v) is 4.65. The summed E-state index contributed by atoms with van der Waals surface area (Å²) in [6.45, 7) is 2.24. The molecule has 14 heavy (non-hydrogen) atoms. The van der Waals surface area contributed by atoms with Crippen LogP contribution in [0.5, 0.6) is 0 Å². The average molecular weight is 218 g/mol. The molecule has 0 radical (unpaired) electrons. The van der Waals surface area contributed by atoms with Gasteiger partial charge in [-0.1, -0.05) is 19.8 Å². The van der Waals surface area contributed by atoms with Gasteiger partial charge < -0.3 is 4.90 Å². The second kappa shape index (κ2) is 5.59. The molecule has 0 bridgehead atoms. The first-order valence-corrected chi connectivity index (χ1v) is 6.02. The van der Waals surface area contributed by atoms with Crippen molar-refractivity contribution in [3.8, 4) is 0 Å². The van der Waals surface area contributed by atoms with E-state index in [4.69, 9.17) is 11.6 Å². The Bertz CT molecular complexity index is 196. The summed E-state index contributed by atoms with van der Waals surface area (Å²) in [5, 5.41) is 0. The van der Waals surface area contributed by atoms with Gasteiger partial charge in [-0.05, 0) is 18.8 Å². The van der Waals surface area contributed by atoms with E-state index in [0.717, 1.165) is 6.42 Å². The lowest BCUT2D eigenvalue weighted by molar-refractivity contribution is -0.133. The van der Waals surface area contributed by atoms with Crippen LogP contribution in [-0.4, -0.2) is 29.8 Å². The van der Waals surface area contributed by atoms with Crippen LogP contribution in [0.15, 0.2) is 0 Å². The molecule has 1 saturated carbocycles. The molecule has 2 nitrogen and oxygen atoms in total. The Hall–Kier alpha value is -0.240. The van der Waals surface area contributed by atoms with Crippen LogP contribution in [0.3, 0.4) is 0 Å². The Morgan fingerprint density at radius 2 is 2.07 bits per heavy atom. The predicted octanol–water partition coefficient (Wildman–Crippen LogP) is 2.65. The van der Waals surface area contributed by atoms with Gasteiger partial charge in [-0.2, -0.15) is 0 Å². The first-order valence-electron chi connectivity index (χ1n) is 5.48. The van der Waals surface area contributed by atoms with Crippen molar-refractivity contribution in [2.75, 3.05) is 12.9 Å². The van der Waals surface area contributed by atoms with E-state index in [2.05, 4.69) is 6.92 Å². The zero-order valence-corrected chi connectivity index (χ0v) is 9.89. The lowest BCUT2D eigenvalue weighted by Crippen LogP contribution is -2.42. The molecule has 0 saturated heterocycles. The van der Waals surface area contributed by atoms with Crippen LogP contribution in [0.4, 0.5) is 0 Å². The number of rotatable bonds is 3. The smallest absolute Gasteiger partial charge is 0.223 e. The monoisotopic (exact) mass is 217 g/mol. The van der Waals surface area contributed by atoms with Crippen LogP contribution in [0.25, 0.3) is 0 Å². The molecule has 0 aromatic rings. The minimum atomic E-state index is 0.193. The number of carbonyl (C=O) groups excluding carboxylic acids is 1. The molecule has 3 heteroatoms. The Morgan fingerprint density at radius 1 is 1.43 bits per heavy atom. The molecule has 1 amide bonds. The standard InChI is InChI=1S/C11H20ClNO/c1-9-5-3-4-6-10(9)13(2)11(14)7-8-12/h9-10H,3-8H2,1-2H3. The summed E-state index contributed by atoms with van der Waals surface area (Å²) in [5.41, 5.74) is 0. The summed E-state index contributed by atoms with van der Waals surface area (Å²) in [6.07, 6.45) is 5.46. The van der Waals surface area contributed by atoms with Crippen molar-refractivity contribution in [1.29, 1.82) is 0 Å². The quantitative estimate of drug-likeness (QED) is 0.666. The lowest BCUT2D eigenvalue weighted by Gasteiger charge is -2.36. The van der Waals surface area contributed by atoms with Crippen molar-refractivity contribution < 1.29 is 4.79 Å². The number of halogens is 1. The van der Waals surface area contributed by atoms with Gasteiger partial charge in [0.25, 0.3) is 0 Å². The van der Waals surface area contributed by atoms with E-state index < -0.39 is 0 Å². The molecule has 0 aromatic heterocycles. The summed E-state index contributed by atoms with van der Waals surface area (Å²) in [4.78, 5) is 13.5. The Kier molecular flexibility index (Phi) is 4.73. The molecule has 1 fully saturated rings. The molecule has 0 N–H and O–H groups in total.